The summed E-state index contributed by atoms with van der Waals surface area (Å²) in [4.78, 5) is 15.5. The van der Waals surface area contributed by atoms with Gasteiger partial charge >= 0.3 is 6.09 Å². The van der Waals surface area contributed by atoms with Crippen molar-refractivity contribution in [1.82, 2.24) is 9.80 Å². The summed E-state index contributed by atoms with van der Waals surface area (Å²) in [5.74, 6) is 0. The molecule has 0 aromatic carbocycles. The van der Waals surface area contributed by atoms with E-state index in [4.69, 9.17) is 4.74 Å². The van der Waals surface area contributed by atoms with Gasteiger partial charge in [-0.25, -0.2) is 9.18 Å². The van der Waals surface area contributed by atoms with E-state index in [1.165, 1.54) is 4.90 Å². The van der Waals surface area contributed by atoms with Crippen LogP contribution in [0.25, 0.3) is 0 Å². The smallest absolute Gasteiger partial charge is 0.410 e. The van der Waals surface area contributed by atoms with E-state index in [1.807, 2.05) is 34.6 Å². The highest BCUT2D eigenvalue weighted by molar-refractivity contribution is 5.68. The second-order valence-corrected chi connectivity index (χ2v) is 6.02. The maximum Gasteiger partial charge on any atom is 0.410 e. The van der Waals surface area contributed by atoms with Crippen LogP contribution in [0.4, 0.5) is 9.18 Å². The number of ether oxygens (including phenoxy) is 1. The minimum Gasteiger partial charge on any atom is -0.444 e. The summed E-state index contributed by atoms with van der Waals surface area (Å²) in [6, 6.07) is -0.0753. The third kappa shape index (κ3) is 4.64. The van der Waals surface area contributed by atoms with Gasteiger partial charge in [0, 0.05) is 12.6 Å². The van der Waals surface area contributed by atoms with Gasteiger partial charge in [-0.2, -0.15) is 0 Å². The van der Waals surface area contributed by atoms with Crippen molar-refractivity contribution < 1.29 is 13.9 Å². The molecule has 0 radical (unpaired) electrons. The van der Waals surface area contributed by atoms with E-state index in [9.17, 15) is 9.18 Å². The zero-order valence-corrected chi connectivity index (χ0v) is 12.8. The number of carbonyl (C=O) groups excluding carboxylic acids is 1. The molecule has 19 heavy (non-hydrogen) atoms. The molecule has 0 aromatic rings. The zero-order chi connectivity index (χ0) is 14.6. The summed E-state index contributed by atoms with van der Waals surface area (Å²) in [7, 11) is 0. The third-order valence-corrected chi connectivity index (χ3v) is 3.44. The lowest BCUT2D eigenvalue weighted by molar-refractivity contribution is -0.00383. The number of hydrogen-bond donors (Lipinski definition) is 0. The van der Waals surface area contributed by atoms with E-state index >= 15 is 0 Å². The Hall–Kier alpha value is -0.840. The molecule has 0 aliphatic carbocycles. The number of hydrogen-bond acceptors (Lipinski definition) is 3. The molecule has 5 heteroatoms. The van der Waals surface area contributed by atoms with Crippen LogP contribution >= 0.6 is 0 Å². The van der Waals surface area contributed by atoms with Crippen molar-refractivity contribution in [2.75, 3.05) is 26.2 Å². The Labute approximate surface area is 115 Å². The molecule has 1 fully saturated rings. The first-order valence-electron chi connectivity index (χ1n) is 7.14. The number of rotatable bonds is 3. The van der Waals surface area contributed by atoms with Crippen molar-refractivity contribution in [3.8, 4) is 0 Å². The first kappa shape index (κ1) is 16.2. The van der Waals surface area contributed by atoms with Gasteiger partial charge in [-0.1, -0.05) is 13.8 Å². The Morgan fingerprint density at radius 3 is 2.37 bits per heavy atom. The van der Waals surface area contributed by atoms with Crippen LogP contribution in [-0.2, 0) is 4.74 Å². The Bertz CT molecular complexity index is 300. The van der Waals surface area contributed by atoms with Crippen LogP contribution in [0.2, 0.25) is 0 Å². The first-order valence-corrected chi connectivity index (χ1v) is 7.14. The van der Waals surface area contributed by atoms with Gasteiger partial charge in [0.25, 0.3) is 0 Å². The van der Waals surface area contributed by atoms with E-state index < -0.39 is 17.9 Å². The van der Waals surface area contributed by atoms with Gasteiger partial charge in [-0.05, 0) is 40.3 Å². The van der Waals surface area contributed by atoms with Crippen molar-refractivity contribution in [3.63, 3.8) is 0 Å². The Morgan fingerprint density at radius 1 is 1.37 bits per heavy atom. The van der Waals surface area contributed by atoms with E-state index in [0.717, 1.165) is 13.1 Å². The van der Waals surface area contributed by atoms with E-state index in [0.29, 0.717) is 13.0 Å². The van der Waals surface area contributed by atoms with E-state index in [1.54, 1.807) is 0 Å². The molecule has 4 nitrogen and oxygen atoms in total. The first-order chi connectivity index (χ1) is 8.78. The monoisotopic (exact) mass is 274 g/mol. The summed E-state index contributed by atoms with van der Waals surface area (Å²) < 4.78 is 19.5. The Morgan fingerprint density at radius 2 is 1.95 bits per heavy atom. The molecule has 1 rings (SSSR count). The average Bonchev–Trinajstić information content (AvgIpc) is 2.30. The van der Waals surface area contributed by atoms with Crippen molar-refractivity contribution in [3.05, 3.63) is 0 Å². The predicted octanol–water partition coefficient (Wildman–Crippen LogP) is 2.68. The lowest BCUT2D eigenvalue weighted by Crippen LogP contribution is -2.54. The van der Waals surface area contributed by atoms with Crippen molar-refractivity contribution in [2.45, 2.75) is 58.9 Å². The fourth-order valence-electron chi connectivity index (χ4n) is 2.49. The number of amides is 1. The molecule has 1 aliphatic rings. The lowest BCUT2D eigenvalue weighted by atomic mass is 10.0. The maximum absolute atomic E-state index is 14.2. The fraction of sp³-hybridized carbons (Fsp3) is 0.929. The second kappa shape index (κ2) is 6.55. The Kier molecular flexibility index (Phi) is 5.59. The minimum absolute atomic E-state index is 0.0753. The number of nitrogens with zero attached hydrogens (tertiary/aromatic N) is 2. The summed E-state index contributed by atoms with van der Waals surface area (Å²) >= 11 is 0. The largest absolute Gasteiger partial charge is 0.444 e. The Balaban J connectivity index is 2.56. The average molecular weight is 274 g/mol. The molecular formula is C14H27FN2O2. The van der Waals surface area contributed by atoms with Crippen LogP contribution in [0.5, 0.6) is 0 Å². The number of alkyl halides is 1. The maximum atomic E-state index is 14.2. The van der Waals surface area contributed by atoms with Gasteiger partial charge in [0.15, 0.2) is 0 Å². The molecule has 1 saturated heterocycles. The topological polar surface area (TPSA) is 32.8 Å². The quantitative estimate of drug-likeness (QED) is 0.793. The van der Waals surface area contributed by atoms with Gasteiger partial charge < -0.3 is 9.64 Å². The highest BCUT2D eigenvalue weighted by Crippen LogP contribution is 2.21. The van der Waals surface area contributed by atoms with Crippen molar-refractivity contribution in [2.24, 2.45) is 0 Å². The van der Waals surface area contributed by atoms with E-state index in [-0.39, 0.29) is 12.6 Å². The molecule has 0 unspecified atom stereocenters. The molecule has 1 heterocycles. The van der Waals surface area contributed by atoms with Crippen molar-refractivity contribution >= 4 is 6.09 Å². The van der Waals surface area contributed by atoms with Gasteiger partial charge in [-0.15, -0.1) is 0 Å². The molecular weight excluding hydrogens is 247 g/mol. The van der Waals surface area contributed by atoms with E-state index in [2.05, 4.69) is 4.90 Å². The van der Waals surface area contributed by atoms with Gasteiger partial charge in [0.1, 0.15) is 11.8 Å². The summed E-state index contributed by atoms with van der Waals surface area (Å²) in [6.45, 7) is 11.9. The fourth-order valence-corrected chi connectivity index (χ4v) is 2.49. The SMILES string of the molecule is CCN(CC)[C@H]1CCN(C(=O)OC(C)(C)C)C[C@@H]1F. The summed E-state index contributed by atoms with van der Waals surface area (Å²) in [6.07, 6.45) is -0.739. The molecule has 112 valence electrons. The number of likely N-dealkylation sites (tertiary alicyclic amines) is 1. The number of halogens is 1. The highest BCUT2D eigenvalue weighted by Gasteiger charge is 2.35. The zero-order valence-electron chi connectivity index (χ0n) is 12.8. The number of piperidine rings is 1. The van der Waals surface area contributed by atoms with Gasteiger partial charge in [0.05, 0.1) is 6.54 Å². The second-order valence-electron chi connectivity index (χ2n) is 6.02. The van der Waals surface area contributed by atoms with Crippen LogP contribution in [-0.4, -0.2) is 59.9 Å². The van der Waals surface area contributed by atoms with Gasteiger partial charge in [0.2, 0.25) is 0 Å². The molecule has 0 N–H and O–H groups in total. The standard InChI is InChI=1S/C14H27FN2O2/c1-6-16(7-2)12-8-9-17(10-11(12)15)13(18)19-14(3,4)5/h11-12H,6-10H2,1-5H3/t11-,12-/m0/s1. The summed E-state index contributed by atoms with van der Waals surface area (Å²) in [5, 5.41) is 0. The number of carbonyl (C=O) groups is 1. The van der Waals surface area contributed by atoms with Crippen molar-refractivity contribution in [1.29, 1.82) is 0 Å². The molecule has 0 spiro atoms. The molecule has 0 bridgehead atoms. The summed E-state index contributed by atoms with van der Waals surface area (Å²) in [5.41, 5.74) is -0.529. The minimum atomic E-state index is -0.999. The molecule has 0 aromatic heterocycles. The predicted molar refractivity (Wildman–Crippen MR) is 74.0 cm³/mol. The normalized spacial score (nSPS) is 24.7. The van der Waals surface area contributed by atoms with Crippen LogP contribution in [0.15, 0.2) is 0 Å². The van der Waals surface area contributed by atoms with Gasteiger partial charge in [-0.3, -0.25) is 4.90 Å². The molecule has 1 amide bonds. The van der Waals surface area contributed by atoms with Crippen LogP contribution < -0.4 is 0 Å². The lowest BCUT2D eigenvalue weighted by Gasteiger charge is -2.40. The molecule has 1 aliphatic heterocycles. The van der Waals surface area contributed by atoms with Crippen LogP contribution in [0.3, 0.4) is 0 Å². The van der Waals surface area contributed by atoms with Crippen LogP contribution in [0.1, 0.15) is 41.0 Å². The highest BCUT2D eigenvalue weighted by atomic mass is 19.1. The molecule has 2 atom stereocenters. The molecule has 0 saturated carbocycles. The third-order valence-electron chi connectivity index (χ3n) is 3.44. The van der Waals surface area contributed by atoms with Crippen LogP contribution in [0, 0.1) is 0 Å².